The van der Waals surface area contributed by atoms with E-state index in [1.807, 2.05) is 11.1 Å². The number of amides is 1. The minimum absolute atomic E-state index is 0.234. The molecule has 1 aromatic heterocycles. The van der Waals surface area contributed by atoms with Gasteiger partial charge in [-0.3, -0.25) is 9.78 Å². The molecule has 1 amide bonds. The van der Waals surface area contributed by atoms with Crippen molar-refractivity contribution in [2.45, 2.75) is 64.3 Å². The van der Waals surface area contributed by atoms with Crippen LogP contribution in [-0.2, 0) is 11.2 Å². The lowest BCUT2D eigenvalue weighted by atomic mass is 9.87. The van der Waals surface area contributed by atoms with Gasteiger partial charge in [0.05, 0.1) is 0 Å². The number of pyridine rings is 1. The van der Waals surface area contributed by atoms with Gasteiger partial charge in [-0.15, -0.1) is 0 Å². The highest BCUT2D eigenvalue weighted by Gasteiger charge is 2.28. The summed E-state index contributed by atoms with van der Waals surface area (Å²) in [6.45, 7) is 8.15. The molecule has 4 nitrogen and oxygen atoms in total. The molecule has 24 heavy (non-hydrogen) atoms. The molecular weight excluding hydrogens is 298 g/mol. The molecule has 4 heteroatoms. The molecule has 2 aliphatic heterocycles. The molecule has 3 rings (SSSR count). The van der Waals surface area contributed by atoms with Crippen LogP contribution in [0.4, 0.5) is 0 Å². The fourth-order valence-corrected chi connectivity index (χ4v) is 4.45. The van der Waals surface area contributed by atoms with Gasteiger partial charge in [0, 0.05) is 37.9 Å². The number of nitrogens with zero attached hydrogens (tertiary/aromatic N) is 3. The maximum absolute atomic E-state index is 11.6. The minimum Gasteiger partial charge on any atom is -0.343 e. The number of carbonyl (C=O) groups is 1. The monoisotopic (exact) mass is 329 g/mol. The van der Waals surface area contributed by atoms with Crippen molar-refractivity contribution in [2.75, 3.05) is 26.2 Å². The molecule has 0 aliphatic carbocycles. The van der Waals surface area contributed by atoms with Crippen molar-refractivity contribution >= 4 is 5.91 Å². The fourth-order valence-electron chi connectivity index (χ4n) is 4.45. The largest absolute Gasteiger partial charge is 0.343 e. The van der Waals surface area contributed by atoms with Gasteiger partial charge >= 0.3 is 0 Å². The van der Waals surface area contributed by atoms with E-state index in [-0.39, 0.29) is 5.91 Å². The van der Waals surface area contributed by atoms with Crippen LogP contribution < -0.4 is 0 Å². The first-order valence-electron chi connectivity index (χ1n) is 9.62. The zero-order chi connectivity index (χ0) is 16.9. The number of aromatic nitrogens is 1. The SMILES string of the molecule is CCc1ncccc1C1CCN(C2CCCN(C(C)=O)CC2)CC1. The number of piperidine rings is 1. The molecule has 0 radical (unpaired) electrons. The van der Waals surface area contributed by atoms with E-state index in [2.05, 4.69) is 28.9 Å². The summed E-state index contributed by atoms with van der Waals surface area (Å²) in [4.78, 5) is 20.9. The number of likely N-dealkylation sites (tertiary alicyclic amines) is 2. The zero-order valence-electron chi connectivity index (χ0n) is 15.2. The van der Waals surface area contributed by atoms with Crippen molar-refractivity contribution in [2.24, 2.45) is 0 Å². The van der Waals surface area contributed by atoms with Crippen LogP contribution in [0.2, 0.25) is 0 Å². The molecule has 132 valence electrons. The van der Waals surface area contributed by atoms with Crippen LogP contribution in [0.25, 0.3) is 0 Å². The van der Waals surface area contributed by atoms with Crippen LogP contribution >= 0.6 is 0 Å². The molecular formula is C20H31N3O. The molecule has 1 aromatic rings. The van der Waals surface area contributed by atoms with Crippen LogP contribution in [0.15, 0.2) is 18.3 Å². The van der Waals surface area contributed by atoms with Crippen molar-refractivity contribution in [3.63, 3.8) is 0 Å². The Morgan fingerprint density at radius 2 is 1.96 bits per heavy atom. The van der Waals surface area contributed by atoms with E-state index in [1.165, 1.54) is 43.6 Å². The summed E-state index contributed by atoms with van der Waals surface area (Å²) < 4.78 is 0. The zero-order valence-corrected chi connectivity index (χ0v) is 15.2. The first kappa shape index (κ1) is 17.4. The minimum atomic E-state index is 0.234. The van der Waals surface area contributed by atoms with Crippen molar-refractivity contribution in [1.29, 1.82) is 0 Å². The van der Waals surface area contributed by atoms with E-state index in [1.54, 1.807) is 6.92 Å². The van der Waals surface area contributed by atoms with E-state index >= 15 is 0 Å². The summed E-state index contributed by atoms with van der Waals surface area (Å²) >= 11 is 0. The number of rotatable bonds is 3. The van der Waals surface area contributed by atoms with Gasteiger partial charge < -0.3 is 9.80 Å². The van der Waals surface area contributed by atoms with E-state index < -0.39 is 0 Å². The molecule has 1 unspecified atom stereocenters. The summed E-state index contributed by atoms with van der Waals surface area (Å²) in [6, 6.07) is 5.03. The molecule has 0 aromatic carbocycles. The number of carbonyl (C=O) groups excluding carboxylic acids is 1. The van der Waals surface area contributed by atoms with Crippen molar-refractivity contribution in [3.8, 4) is 0 Å². The van der Waals surface area contributed by atoms with Crippen molar-refractivity contribution < 1.29 is 4.79 Å². The Bertz CT molecular complexity index is 552. The van der Waals surface area contributed by atoms with Gasteiger partial charge in [0.15, 0.2) is 0 Å². The third-order valence-electron chi connectivity index (χ3n) is 5.89. The number of hydrogen-bond donors (Lipinski definition) is 0. The predicted octanol–water partition coefficient (Wildman–Crippen LogP) is 3.22. The molecule has 2 saturated heterocycles. The van der Waals surface area contributed by atoms with Gasteiger partial charge in [0.2, 0.25) is 5.91 Å². The highest BCUT2D eigenvalue weighted by Crippen LogP contribution is 2.32. The molecule has 0 spiro atoms. The van der Waals surface area contributed by atoms with Crippen molar-refractivity contribution in [1.82, 2.24) is 14.8 Å². The summed E-state index contributed by atoms with van der Waals surface area (Å²) in [6.07, 6.45) is 8.95. The maximum atomic E-state index is 11.6. The predicted molar refractivity (Wildman–Crippen MR) is 97.1 cm³/mol. The maximum Gasteiger partial charge on any atom is 0.219 e. The number of aryl methyl sites for hydroxylation is 1. The molecule has 3 heterocycles. The van der Waals surface area contributed by atoms with Gasteiger partial charge in [-0.25, -0.2) is 0 Å². The summed E-state index contributed by atoms with van der Waals surface area (Å²) in [5, 5.41) is 0. The Balaban J connectivity index is 1.56. The van der Waals surface area contributed by atoms with Crippen LogP contribution in [-0.4, -0.2) is 52.9 Å². The normalized spacial score (nSPS) is 23.9. The highest BCUT2D eigenvalue weighted by atomic mass is 16.2. The fraction of sp³-hybridized carbons (Fsp3) is 0.700. The summed E-state index contributed by atoms with van der Waals surface area (Å²) in [5.41, 5.74) is 2.76. The third kappa shape index (κ3) is 3.97. The number of hydrogen-bond acceptors (Lipinski definition) is 3. The Hall–Kier alpha value is -1.42. The Morgan fingerprint density at radius 3 is 2.67 bits per heavy atom. The van der Waals surface area contributed by atoms with Gasteiger partial charge in [-0.1, -0.05) is 13.0 Å². The molecule has 0 bridgehead atoms. The average molecular weight is 329 g/mol. The second-order valence-electron chi connectivity index (χ2n) is 7.29. The van der Waals surface area contributed by atoms with E-state index in [0.29, 0.717) is 12.0 Å². The first-order valence-corrected chi connectivity index (χ1v) is 9.62. The third-order valence-corrected chi connectivity index (χ3v) is 5.89. The quantitative estimate of drug-likeness (QED) is 0.854. The van der Waals surface area contributed by atoms with E-state index in [9.17, 15) is 4.79 Å². The summed E-state index contributed by atoms with van der Waals surface area (Å²) in [7, 11) is 0. The van der Waals surface area contributed by atoms with Gasteiger partial charge in [-0.05, 0) is 69.2 Å². The van der Waals surface area contributed by atoms with E-state index in [4.69, 9.17) is 0 Å². The van der Waals surface area contributed by atoms with Gasteiger partial charge in [-0.2, -0.15) is 0 Å². The average Bonchev–Trinajstić information content (AvgIpc) is 2.88. The first-order chi connectivity index (χ1) is 11.7. The molecule has 2 fully saturated rings. The Morgan fingerprint density at radius 1 is 1.17 bits per heavy atom. The van der Waals surface area contributed by atoms with Crippen LogP contribution in [0.3, 0.4) is 0 Å². The second kappa shape index (κ2) is 8.11. The lowest BCUT2D eigenvalue weighted by Crippen LogP contribution is -2.41. The second-order valence-corrected chi connectivity index (χ2v) is 7.29. The summed E-state index contributed by atoms with van der Waals surface area (Å²) in [5.74, 6) is 0.905. The van der Waals surface area contributed by atoms with Crippen LogP contribution in [0.1, 0.15) is 63.1 Å². The topological polar surface area (TPSA) is 36.4 Å². The Kier molecular flexibility index (Phi) is 5.88. The van der Waals surface area contributed by atoms with E-state index in [0.717, 1.165) is 32.4 Å². The lowest BCUT2D eigenvalue weighted by Gasteiger charge is -2.37. The standard InChI is InChI=1S/C20H31N3O/c1-3-20-19(7-4-11-21-20)17-8-13-23(14-9-17)18-6-5-12-22(15-10-18)16(2)24/h4,7,11,17-18H,3,5-6,8-10,12-15H2,1-2H3. The van der Waals surface area contributed by atoms with Crippen molar-refractivity contribution in [3.05, 3.63) is 29.6 Å². The van der Waals surface area contributed by atoms with Gasteiger partial charge in [0.1, 0.15) is 0 Å². The Labute approximate surface area is 146 Å². The van der Waals surface area contributed by atoms with Crippen LogP contribution in [0.5, 0.6) is 0 Å². The molecule has 2 aliphatic rings. The highest BCUT2D eigenvalue weighted by molar-refractivity contribution is 5.73. The smallest absolute Gasteiger partial charge is 0.219 e. The van der Waals surface area contributed by atoms with Gasteiger partial charge in [0.25, 0.3) is 0 Å². The molecule has 1 atom stereocenters. The molecule has 0 saturated carbocycles. The molecule has 0 N–H and O–H groups in total. The van der Waals surface area contributed by atoms with Crippen LogP contribution in [0, 0.1) is 0 Å². The lowest BCUT2D eigenvalue weighted by molar-refractivity contribution is -0.128.